The van der Waals surface area contributed by atoms with E-state index in [-0.39, 0.29) is 5.41 Å². The lowest BCUT2D eigenvalue weighted by molar-refractivity contribution is 0.426. The Bertz CT molecular complexity index is 1850. The average molecular weight is 495 g/mol. The van der Waals surface area contributed by atoms with E-state index in [9.17, 15) is 10.0 Å². The van der Waals surface area contributed by atoms with Gasteiger partial charge in [0.1, 0.15) is 11.2 Å². The van der Waals surface area contributed by atoms with E-state index < -0.39 is 7.12 Å². The number of hydrogen-bond donors (Lipinski definition) is 2. The summed E-state index contributed by atoms with van der Waals surface area (Å²) in [5, 5.41) is 21.7. The SMILES string of the molecule is CC1(C)c2ccccc2N(c2cccc(-c3cccc(B(O)O)c3)c2)c2ccc3oc4ccccc4c3c21. The standard InChI is InChI=1S/C33H26BNO3/c1-33(2)26-14-4-5-15-27(26)35(24-12-8-10-22(20-24)21-9-7-11-23(19-21)34(36)37)28-17-18-30-31(32(28)33)25-13-3-6-16-29(25)38-30/h3-20,36-37H,1-2H3. The Morgan fingerprint density at radius 2 is 1.42 bits per heavy atom. The van der Waals surface area contributed by atoms with Gasteiger partial charge in [0, 0.05) is 21.9 Å². The van der Waals surface area contributed by atoms with Crippen molar-refractivity contribution in [3.63, 3.8) is 0 Å². The molecule has 1 aliphatic heterocycles. The van der Waals surface area contributed by atoms with E-state index in [2.05, 4.69) is 91.5 Å². The quantitative estimate of drug-likeness (QED) is 0.259. The van der Waals surface area contributed by atoms with E-state index in [4.69, 9.17) is 4.42 Å². The molecule has 0 fully saturated rings. The van der Waals surface area contributed by atoms with Crippen LogP contribution in [0.1, 0.15) is 25.0 Å². The summed E-state index contributed by atoms with van der Waals surface area (Å²) < 4.78 is 6.29. The van der Waals surface area contributed by atoms with Crippen LogP contribution < -0.4 is 10.4 Å². The topological polar surface area (TPSA) is 56.8 Å². The molecule has 0 atom stereocenters. The fraction of sp³-hybridized carbons (Fsp3) is 0.0909. The Morgan fingerprint density at radius 1 is 0.684 bits per heavy atom. The van der Waals surface area contributed by atoms with Gasteiger partial charge in [-0.05, 0) is 64.1 Å². The lowest BCUT2D eigenvalue weighted by Gasteiger charge is -2.42. The molecular weight excluding hydrogens is 469 g/mol. The highest BCUT2D eigenvalue weighted by molar-refractivity contribution is 6.58. The van der Waals surface area contributed by atoms with E-state index >= 15 is 0 Å². The number of rotatable bonds is 3. The molecule has 4 nitrogen and oxygen atoms in total. The smallest absolute Gasteiger partial charge is 0.456 e. The van der Waals surface area contributed by atoms with E-state index in [1.807, 2.05) is 30.3 Å². The van der Waals surface area contributed by atoms with E-state index in [0.717, 1.165) is 50.1 Å². The van der Waals surface area contributed by atoms with E-state index in [1.165, 1.54) is 11.1 Å². The molecule has 5 aromatic carbocycles. The van der Waals surface area contributed by atoms with Gasteiger partial charge in [-0.25, -0.2) is 0 Å². The first kappa shape index (κ1) is 22.8. The summed E-state index contributed by atoms with van der Waals surface area (Å²) >= 11 is 0. The minimum atomic E-state index is -1.51. The second-order valence-corrected chi connectivity index (χ2v) is 10.5. The normalized spacial score (nSPS) is 13.9. The Labute approximate surface area is 221 Å². The van der Waals surface area contributed by atoms with E-state index in [0.29, 0.717) is 5.46 Å². The van der Waals surface area contributed by atoms with Crippen molar-refractivity contribution in [3.05, 3.63) is 120 Å². The fourth-order valence-corrected chi connectivity index (χ4v) is 6.07. The Balaban J connectivity index is 1.50. The highest BCUT2D eigenvalue weighted by atomic mass is 16.4. The highest BCUT2D eigenvalue weighted by Gasteiger charge is 2.39. The van der Waals surface area contributed by atoms with Crippen molar-refractivity contribution in [1.29, 1.82) is 0 Å². The molecule has 0 radical (unpaired) electrons. The number of nitrogens with zero attached hydrogens (tertiary/aromatic N) is 1. The van der Waals surface area contributed by atoms with Gasteiger partial charge < -0.3 is 19.4 Å². The Kier molecular flexibility index (Phi) is 5.02. The predicted octanol–water partition coefficient (Wildman–Crippen LogP) is 7.04. The van der Waals surface area contributed by atoms with Gasteiger partial charge in [0.25, 0.3) is 0 Å². The molecule has 6 aromatic rings. The largest absolute Gasteiger partial charge is 0.488 e. The number of furan rings is 1. The van der Waals surface area contributed by atoms with Gasteiger partial charge in [-0.2, -0.15) is 0 Å². The van der Waals surface area contributed by atoms with Gasteiger partial charge in [-0.1, -0.05) is 86.6 Å². The monoisotopic (exact) mass is 495 g/mol. The molecule has 0 unspecified atom stereocenters. The molecule has 0 saturated heterocycles. The van der Waals surface area contributed by atoms with E-state index in [1.54, 1.807) is 6.07 Å². The van der Waals surface area contributed by atoms with Crippen molar-refractivity contribution in [1.82, 2.24) is 0 Å². The Hall–Kier alpha value is -4.32. The molecule has 0 spiro atoms. The molecule has 5 heteroatoms. The van der Waals surface area contributed by atoms with Crippen LogP contribution in [0.25, 0.3) is 33.1 Å². The summed E-state index contributed by atoms with van der Waals surface area (Å²) in [7, 11) is -1.51. The molecule has 184 valence electrons. The maximum absolute atomic E-state index is 9.70. The number of benzene rings is 5. The van der Waals surface area contributed by atoms with Crippen LogP contribution in [0.15, 0.2) is 114 Å². The Morgan fingerprint density at radius 3 is 2.26 bits per heavy atom. The zero-order valence-corrected chi connectivity index (χ0v) is 21.2. The molecule has 0 bridgehead atoms. The van der Waals surface area contributed by atoms with Crippen LogP contribution in [-0.2, 0) is 5.41 Å². The third-order valence-corrected chi connectivity index (χ3v) is 7.83. The van der Waals surface area contributed by atoms with Crippen molar-refractivity contribution >= 4 is 51.6 Å². The minimum absolute atomic E-state index is 0.252. The van der Waals surface area contributed by atoms with Gasteiger partial charge in [-0.3, -0.25) is 0 Å². The summed E-state index contributed by atoms with van der Waals surface area (Å²) in [5.41, 5.74) is 9.75. The lowest BCUT2D eigenvalue weighted by atomic mass is 9.72. The van der Waals surface area contributed by atoms with Crippen molar-refractivity contribution in [3.8, 4) is 11.1 Å². The van der Waals surface area contributed by atoms with Crippen molar-refractivity contribution in [2.45, 2.75) is 19.3 Å². The number of anilines is 3. The molecule has 1 aliphatic rings. The second-order valence-electron chi connectivity index (χ2n) is 10.5. The van der Waals surface area contributed by atoms with Gasteiger partial charge in [-0.15, -0.1) is 0 Å². The average Bonchev–Trinajstić information content (AvgIpc) is 3.32. The lowest BCUT2D eigenvalue weighted by Crippen LogP contribution is -2.30. The predicted molar refractivity (Wildman–Crippen MR) is 156 cm³/mol. The van der Waals surface area contributed by atoms with Crippen LogP contribution in [0.4, 0.5) is 17.1 Å². The van der Waals surface area contributed by atoms with Gasteiger partial charge in [0.2, 0.25) is 0 Å². The molecule has 0 amide bonds. The van der Waals surface area contributed by atoms with Crippen molar-refractivity contribution in [2.24, 2.45) is 0 Å². The van der Waals surface area contributed by atoms with Crippen LogP contribution in [0.5, 0.6) is 0 Å². The van der Waals surface area contributed by atoms with Gasteiger partial charge in [0.05, 0.1) is 11.4 Å². The maximum Gasteiger partial charge on any atom is 0.488 e. The molecular formula is C33H26BNO3. The summed E-state index contributed by atoms with van der Waals surface area (Å²) in [6.45, 7) is 4.59. The molecule has 2 heterocycles. The van der Waals surface area contributed by atoms with Crippen LogP contribution in [-0.4, -0.2) is 17.2 Å². The number of para-hydroxylation sites is 2. The first-order valence-corrected chi connectivity index (χ1v) is 12.8. The van der Waals surface area contributed by atoms with Crippen molar-refractivity contribution in [2.75, 3.05) is 4.90 Å². The maximum atomic E-state index is 9.70. The van der Waals surface area contributed by atoms with Gasteiger partial charge in [0.15, 0.2) is 0 Å². The molecule has 7 rings (SSSR count). The first-order chi connectivity index (χ1) is 18.4. The molecule has 2 N–H and O–H groups in total. The van der Waals surface area contributed by atoms with Crippen LogP contribution >= 0.6 is 0 Å². The van der Waals surface area contributed by atoms with Crippen LogP contribution in [0, 0.1) is 0 Å². The third-order valence-electron chi connectivity index (χ3n) is 7.83. The highest BCUT2D eigenvalue weighted by Crippen LogP contribution is 2.55. The summed E-state index contributed by atoms with van der Waals surface area (Å²) in [4.78, 5) is 2.34. The first-order valence-electron chi connectivity index (χ1n) is 12.8. The molecule has 38 heavy (non-hydrogen) atoms. The number of fused-ring (bicyclic) bond motifs is 6. The third kappa shape index (κ3) is 3.33. The fourth-order valence-electron chi connectivity index (χ4n) is 6.07. The van der Waals surface area contributed by atoms with Gasteiger partial charge >= 0.3 is 7.12 Å². The minimum Gasteiger partial charge on any atom is -0.456 e. The summed E-state index contributed by atoms with van der Waals surface area (Å²) in [6.07, 6.45) is 0. The van der Waals surface area contributed by atoms with Crippen molar-refractivity contribution < 1.29 is 14.5 Å². The second kappa shape index (κ2) is 8.35. The zero-order chi connectivity index (χ0) is 26.0. The summed E-state index contributed by atoms with van der Waals surface area (Å²) in [5.74, 6) is 0. The van der Waals surface area contributed by atoms with Crippen LogP contribution in [0.2, 0.25) is 0 Å². The molecule has 1 aromatic heterocycles. The van der Waals surface area contributed by atoms with Crippen LogP contribution in [0.3, 0.4) is 0 Å². The number of hydrogen-bond acceptors (Lipinski definition) is 4. The molecule has 0 aliphatic carbocycles. The summed E-state index contributed by atoms with van der Waals surface area (Å²) in [6, 6.07) is 36.9. The zero-order valence-electron chi connectivity index (χ0n) is 21.2. The molecule has 0 saturated carbocycles.